The van der Waals surface area contributed by atoms with E-state index in [9.17, 15) is 0 Å². The van der Waals surface area contributed by atoms with Crippen LogP contribution in [-0.2, 0) is 9.47 Å². The normalized spacial score (nSPS) is 13.7. The molecule has 0 spiro atoms. The number of halogens is 1. The molecule has 0 bridgehead atoms. The van der Waals surface area contributed by atoms with Crippen molar-refractivity contribution in [2.24, 2.45) is 0 Å². The Hall–Kier alpha value is 0.427. The Morgan fingerprint density at radius 2 is 1.94 bits per heavy atom. The largest absolute Gasteiger partial charge is 0.383 e. The molecule has 0 aromatic heterocycles. The molecular formula is C12H27ClO2Si. The monoisotopic (exact) mass is 266 g/mol. The van der Waals surface area contributed by atoms with Crippen LogP contribution in [0.25, 0.3) is 0 Å². The van der Waals surface area contributed by atoms with Gasteiger partial charge in [0.1, 0.15) is 0 Å². The number of hydrogen-bond donors (Lipinski definition) is 0. The van der Waals surface area contributed by atoms with Gasteiger partial charge in [0.15, 0.2) is 0 Å². The molecule has 16 heavy (non-hydrogen) atoms. The summed E-state index contributed by atoms with van der Waals surface area (Å²) < 4.78 is 11.1. The van der Waals surface area contributed by atoms with Gasteiger partial charge in [0, 0.05) is 31.4 Å². The fourth-order valence-electron chi connectivity index (χ4n) is 1.73. The summed E-state index contributed by atoms with van der Waals surface area (Å²) >= 11 is 5.69. The molecule has 0 fully saturated rings. The van der Waals surface area contributed by atoms with E-state index < -0.39 is 0 Å². The first-order chi connectivity index (χ1) is 7.85. The molecule has 4 heteroatoms. The van der Waals surface area contributed by atoms with Crippen LogP contribution < -0.4 is 0 Å². The molecule has 1 unspecified atom stereocenters. The molecule has 0 radical (unpaired) electrons. The summed E-state index contributed by atoms with van der Waals surface area (Å²) in [5.74, 6) is 0.802. The lowest BCUT2D eigenvalue weighted by Gasteiger charge is -2.16. The molecule has 0 aliphatic heterocycles. The fraction of sp³-hybridized carbons (Fsp3) is 1.00. The zero-order chi connectivity index (χ0) is 12.1. The van der Waals surface area contributed by atoms with Gasteiger partial charge in [0.05, 0.1) is 9.52 Å². The van der Waals surface area contributed by atoms with Crippen LogP contribution in [-0.4, -0.2) is 40.9 Å². The Kier molecular flexibility index (Phi) is 13.9. The smallest absolute Gasteiger partial charge is 0.0556 e. The van der Waals surface area contributed by atoms with Gasteiger partial charge in [0.25, 0.3) is 0 Å². The first kappa shape index (κ1) is 16.4. The van der Waals surface area contributed by atoms with Gasteiger partial charge < -0.3 is 9.47 Å². The van der Waals surface area contributed by atoms with E-state index >= 15 is 0 Å². The highest BCUT2D eigenvalue weighted by molar-refractivity contribution is 6.37. The third-order valence-corrected chi connectivity index (χ3v) is 5.04. The second-order valence-electron chi connectivity index (χ2n) is 3.95. The van der Waals surface area contributed by atoms with Crippen molar-refractivity contribution >= 4 is 21.1 Å². The molecule has 1 atom stereocenters. The van der Waals surface area contributed by atoms with Crippen molar-refractivity contribution in [3.63, 3.8) is 0 Å². The topological polar surface area (TPSA) is 18.5 Å². The predicted molar refractivity (Wildman–Crippen MR) is 74.4 cm³/mol. The number of unbranched alkanes of at least 4 members (excludes halogenated alkanes) is 1. The molecule has 98 valence electrons. The summed E-state index contributed by atoms with van der Waals surface area (Å²) in [6, 6.07) is 1.32. The number of rotatable bonds is 12. The van der Waals surface area contributed by atoms with E-state index in [0.717, 1.165) is 32.1 Å². The molecule has 0 heterocycles. The molecule has 0 aliphatic carbocycles. The maximum Gasteiger partial charge on any atom is 0.0556 e. The molecule has 0 saturated heterocycles. The zero-order valence-electron chi connectivity index (χ0n) is 10.8. The van der Waals surface area contributed by atoms with Crippen molar-refractivity contribution in [1.82, 2.24) is 0 Å². The summed E-state index contributed by atoms with van der Waals surface area (Å²) in [5.41, 5.74) is 0.565. The molecule has 0 aromatic carbocycles. The molecule has 0 aliphatic rings. The van der Waals surface area contributed by atoms with Gasteiger partial charge in [-0.2, -0.15) is 0 Å². The molecule has 0 amide bonds. The Morgan fingerprint density at radius 3 is 2.56 bits per heavy atom. The van der Waals surface area contributed by atoms with Gasteiger partial charge in [-0.3, -0.25) is 0 Å². The maximum absolute atomic E-state index is 5.77. The predicted octanol–water partition coefficient (Wildman–Crippen LogP) is 2.77. The van der Waals surface area contributed by atoms with E-state index in [1.165, 1.54) is 25.3 Å². The molecule has 0 N–H and O–H groups in total. The van der Waals surface area contributed by atoms with E-state index in [0.29, 0.717) is 5.73 Å². The van der Waals surface area contributed by atoms with Crippen LogP contribution in [0.1, 0.15) is 39.5 Å². The van der Waals surface area contributed by atoms with Crippen molar-refractivity contribution in [3.05, 3.63) is 0 Å². The molecule has 0 rings (SSSR count). The minimum atomic E-state index is -0.0837. The highest BCUT2D eigenvalue weighted by Crippen LogP contribution is 2.07. The Morgan fingerprint density at radius 1 is 1.12 bits per heavy atom. The third kappa shape index (κ3) is 10.9. The van der Waals surface area contributed by atoms with Crippen molar-refractivity contribution in [1.29, 1.82) is 0 Å². The van der Waals surface area contributed by atoms with Crippen molar-refractivity contribution in [2.75, 3.05) is 25.7 Å². The van der Waals surface area contributed by atoms with Crippen molar-refractivity contribution in [3.8, 4) is 0 Å². The van der Waals surface area contributed by atoms with Gasteiger partial charge in [-0.25, -0.2) is 0 Å². The van der Waals surface area contributed by atoms with Crippen LogP contribution in [0.15, 0.2) is 0 Å². The third-order valence-electron chi connectivity index (χ3n) is 2.58. The zero-order valence-corrected chi connectivity index (χ0v) is 13.0. The highest BCUT2D eigenvalue weighted by Gasteiger charge is 2.08. The second-order valence-corrected chi connectivity index (χ2v) is 6.53. The van der Waals surface area contributed by atoms with E-state index in [1.54, 1.807) is 0 Å². The van der Waals surface area contributed by atoms with Crippen LogP contribution in [0.4, 0.5) is 0 Å². The van der Waals surface area contributed by atoms with Gasteiger partial charge in [-0.05, 0) is 39.5 Å². The lowest BCUT2D eigenvalue weighted by molar-refractivity contribution is 0.102. The average Bonchev–Trinajstić information content (AvgIpc) is 2.29. The van der Waals surface area contributed by atoms with Crippen LogP contribution in [0.2, 0.25) is 6.04 Å². The number of alkyl halides is 1. The molecule has 0 saturated carbocycles. The Bertz CT molecular complexity index is 136. The van der Waals surface area contributed by atoms with Crippen molar-refractivity contribution < 1.29 is 9.47 Å². The number of ether oxygens (including phenoxy) is 2. The fourth-order valence-corrected chi connectivity index (χ4v) is 4.21. The summed E-state index contributed by atoms with van der Waals surface area (Å²) in [6.45, 7) is 6.72. The van der Waals surface area contributed by atoms with Gasteiger partial charge in [0.2, 0.25) is 0 Å². The molecular weight excluding hydrogens is 240 g/mol. The van der Waals surface area contributed by atoms with Crippen LogP contribution in [0, 0.1) is 0 Å². The van der Waals surface area contributed by atoms with Gasteiger partial charge >= 0.3 is 0 Å². The quantitative estimate of drug-likeness (QED) is 0.307. The summed E-state index contributed by atoms with van der Waals surface area (Å²) in [7, 11) is -0.0837. The van der Waals surface area contributed by atoms with E-state index in [-0.39, 0.29) is 9.52 Å². The molecule has 2 nitrogen and oxygen atoms in total. The van der Waals surface area contributed by atoms with Gasteiger partial charge in [-0.15, -0.1) is 11.6 Å². The van der Waals surface area contributed by atoms with E-state index in [2.05, 4.69) is 6.92 Å². The first-order valence-corrected chi connectivity index (χ1v) is 8.95. The maximum atomic E-state index is 5.77. The lowest BCUT2D eigenvalue weighted by Crippen LogP contribution is -2.21. The van der Waals surface area contributed by atoms with Crippen molar-refractivity contribution in [2.45, 2.75) is 51.3 Å². The second kappa shape index (κ2) is 13.5. The average molecular weight is 267 g/mol. The van der Waals surface area contributed by atoms with E-state index in [4.69, 9.17) is 21.1 Å². The summed E-state index contributed by atoms with van der Waals surface area (Å²) in [6.07, 6.45) is 4.78. The standard InChI is InChI=1S/C12H27ClO2Si/c1-3-14-10-6-5-8-12(15-4-2)16-11-7-9-13/h12H,3-11,16H2,1-2H3. The highest BCUT2D eigenvalue weighted by atomic mass is 35.5. The Balaban J connectivity index is 3.43. The van der Waals surface area contributed by atoms with E-state index in [1.807, 2.05) is 6.92 Å². The minimum absolute atomic E-state index is 0.0837. The van der Waals surface area contributed by atoms with Crippen LogP contribution >= 0.6 is 11.6 Å². The summed E-state index contributed by atoms with van der Waals surface area (Å²) in [4.78, 5) is 0. The first-order valence-electron chi connectivity index (χ1n) is 6.60. The van der Waals surface area contributed by atoms with Crippen LogP contribution in [0.3, 0.4) is 0 Å². The molecule has 0 aromatic rings. The van der Waals surface area contributed by atoms with Crippen LogP contribution in [0.5, 0.6) is 0 Å². The van der Waals surface area contributed by atoms with Gasteiger partial charge in [-0.1, -0.05) is 6.04 Å². The minimum Gasteiger partial charge on any atom is -0.383 e. The SMILES string of the molecule is CCOCCCCC(OCC)[SiH2]CCCCl. The summed E-state index contributed by atoms with van der Waals surface area (Å²) in [5, 5.41) is 0. The lowest BCUT2D eigenvalue weighted by atomic mass is 10.2. The number of hydrogen-bond acceptors (Lipinski definition) is 2. The Labute approximate surface area is 108 Å².